The summed E-state index contributed by atoms with van der Waals surface area (Å²) in [6, 6.07) is 21.8. The molecule has 2 heterocycles. The fourth-order valence-corrected chi connectivity index (χ4v) is 7.91. The second kappa shape index (κ2) is 10.8. The quantitative estimate of drug-likeness (QED) is 0.279. The topological polar surface area (TPSA) is 125 Å². The number of methoxy groups -OCH3 is 1. The normalized spacial score (nSPS) is 28.8. The number of aromatic hydroxyl groups is 1. The van der Waals surface area contributed by atoms with Crippen LogP contribution in [0.25, 0.3) is 6.08 Å². The number of carbonyl (C=O) groups is 4. The van der Waals surface area contributed by atoms with Crippen LogP contribution >= 0.6 is 0 Å². The van der Waals surface area contributed by atoms with Crippen LogP contribution in [0.2, 0.25) is 0 Å². The first-order valence-electron chi connectivity index (χ1n) is 15.1. The lowest BCUT2D eigenvalue weighted by molar-refractivity contribution is -0.139. The summed E-state index contributed by atoms with van der Waals surface area (Å²) in [6.45, 7) is 1.96. The number of fused-ring (bicyclic) bond motifs is 4. The second-order valence-corrected chi connectivity index (χ2v) is 12.3. The van der Waals surface area contributed by atoms with Crippen LogP contribution in [0.1, 0.15) is 29.5 Å². The number of anilines is 1. The van der Waals surface area contributed by atoms with E-state index in [0.717, 1.165) is 21.7 Å². The number of ether oxygens (including phenoxy) is 1. The molecule has 2 saturated heterocycles. The van der Waals surface area contributed by atoms with Crippen molar-refractivity contribution < 1.29 is 29.0 Å². The monoisotopic (exact) mass is 603 g/mol. The van der Waals surface area contributed by atoms with E-state index in [-0.39, 0.29) is 35.8 Å². The number of carbonyl (C=O) groups excluding carboxylic acids is 4. The summed E-state index contributed by atoms with van der Waals surface area (Å²) < 4.78 is 5.31. The lowest BCUT2D eigenvalue weighted by Gasteiger charge is -2.49. The predicted octanol–water partition coefficient (Wildman–Crippen LogP) is 4.53. The molecule has 3 fully saturated rings. The van der Waals surface area contributed by atoms with Crippen LogP contribution in [-0.4, -0.2) is 40.9 Å². The molecule has 0 aromatic heterocycles. The maximum atomic E-state index is 14.9. The Morgan fingerprint density at radius 3 is 2.47 bits per heavy atom. The third-order valence-electron chi connectivity index (χ3n) is 9.98. The van der Waals surface area contributed by atoms with Gasteiger partial charge in [-0.25, -0.2) is 0 Å². The number of imide groups is 2. The molecular weight excluding hydrogens is 570 g/mol. The zero-order chi connectivity index (χ0) is 31.5. The number of hydrogen-bond acceptors (Lipinski definition) is 7. The van der Waals surface area contributed by atoms with Crippen molar-refractivity contribution in [2.75, 3.05) is 12.5 Å². The highest BCUT2D eigenvalue weighted by Crippen LogP contribution is 2.61. The molecule has 2 aliphatic carbocycles. The van der Waals surface area contributed by atoms with Crippen molar-refractivity contribution in [1.29, 1.82) is 0 Å². The standard InChI is InChI=1S/C36H33N3O6/c1-20-8-12-23(13-9-20)38-39-34(43)28-19-26-24(14-15-25-31(26)33(42)37-32(25)41)27(16-10-21-11-17-29(40)30(18-21)45-2)36(28,35(39)44)22-6-4-3-5-7-22/h3-14,16-18,25-28,31,38,40H,15,19H2,1-2H3,(H,37,41,42). The van der Waals surface area contributed by atoms with Crippen LogP contribution < -0.4 is 15.5 Å². The summed E-state index contributed by atoms with van der Waals surface area (Å²) in [5.41, 5.74) is 5.72. The minimum atomic E-state index is -1.32. The van der Waals surface area contributed by atoms with Gasteiger partial charge in [0, 0.05) is 5.92 Å². The lowest BCUT2D eigenvalue weighted by Crippen LogP contribution is -2.54. The highest BCUT2D eigenvalue weighted by atomic mass is 16.5. The zero-order valence-electron chi connectivity index (χ0n) is 24.9. The number of nitrogens with one attached hydrogen (secondary N) is 2. The van der Waals surface area contributed by atoms with Crippen LogP contribution in [0.5, 0.6) is 11.5 Å². The number of benzene rings is 3. The highest BCUT2D eigenvalue weighted by Gasteiger charge is 2.69. The maximum absolute atomic E-state index is 14.9. The number of hydrazine groups is 1. The Morgan fingerprint density at radius 1 is 0.978 bits per heavy atom. The Balaban J connectivity index is 1.41. The van der Waals surface area contributed by atoms with Crippen LogP contribution in [0.4, 0.5) is 5.69 Å². The molecule has 6 unspecified atom stereocenters. The smallest absolute Gasteiger partial charge is 0.260 e. The fraction of sp³-hybridized carbons (Fsp3) is 0.278. The van der Waals surface area contributed by atoms with E-state index in [1.807, 2.05) is 79.7 Å². The molecular formula is C36H33N3O6. The summed E-state index contributed by atoms with van der Waals surface area (Å²) in [6.07, 6.45) is 6.41. The first kappa shape index (κ1) is 28.6. The summed E-state index contributed by atoms with van der Waals surface area (Å²) in [7, 11) is 1.47. The zero-order valence-corrected chi connectivity index (χ0v) is 24.9. The van der Waals surface area contributed by atoms with Crippen LogP contribution in [0.3, 0.4) is 0 Å². The number of rotatable bonds is 6. The average Bonchev–Trinajstić information content (AvgIpc) is 3.46. The summed E-state index contributed by atoms with van der Waals surface area (Å²) in [5, 5.41) is 13.8. The molecule has 3 aromatic rings. The minimum Gasteiger partial charge on any atom is -0.504 e. The first-order chi connectivity index (χ1) is 21.7. The van der Waals surface area contributed by atoms with Crippen molar-refractivity contribution in [2.45, 2.75) is 25.2 Å². The van der Waals surface area contributed by atoms with E-state index in [1.165, 1.54) is 13.2 Å². The lowest BCUT2D eigenvalue weighted by atomic mass is 9.50. The largest absolute Gasteiger partial charge is 0.504 e. The van der Waals surface area contributed by atoms with Crippen molar-refractivity contribution >= 4 is 35.4 Å². The Hall–Kier alpha value is -5.18. The van der Waals surface area contributed by atoms with Gasteiger partial charge in [0.2, 0.25) is 11.8 Å². The van der Waals surface area contributed by atoms with Gasteiger partial charge in [0.05, 0.1) is 36.0 Å². The SMILES string of the molecule is COc1cc(C=CC2C3=CCC4C(=O)NC(=O)C4C3CC3C(=O)N(Nc4ccc(C)cc4)C(=O)C23c2ccccc2)ccc1O. The molecule has 3 N–H and O–H groups in total. The van der Waals surface area contributed by atoms with Crippen molar-refractivity contribution in [2.24, 2.45) is 29.6 Å². The molecule has 4 amide bonds. The second-order valence-electron chi connectivity index (χ2n) is 12.3. The van der Waals surface area contributed by atoms with Gasteiger partial charge in [0.15, 0.2) is 11.5 Å². The summed E-state index contributed by atoms with van der Waals surface area (Å²) in [5.74, 6) is -4.02. The number of aryl methyl sites for hydroxylation is 1. The van der Waals surface area contributed by atoms with Crippen molar-refractivity contribution in [3.05, 3.63) is 107 Å². The van der Waals surface area contributed by atoms with Crippen LogP contribution in [0.15, 0.2) is 90.5 Å². The Labute approximate surface area is 260 Å². The van der Waals surface area contributed by atoms with Gasteiger partial charge >= 0.3 is 0 Å². The Morgan fingerprint density at radius 2 is 1.73 bits per heavy atom. The molecule has 0 spiro atoms. The van der Waals surface area contributed by atoms with E-state index >= 15 is 0 Å². The van der Waals surface area contributed by atoms with Crippen LogP contribution in [0, 0.1) is 36.5 Å². The van der Waals surface area contributed by atoms with E-state index in [1.54, 1.807) is 12.1 Å². The molecule has 7 rings (SSSR count). The van der Waals surface area contributed by atoms with Crippen LogP contribution in [-0.2, 0) is 24.6 Å². The van der Waals surface area contributed by atoms with Gasteiger partial charge in [-0.15, -0.1) is 0 Å². The van der Waals surface area contributed by atoms with E-state index < -0.39 is 35.0 Å². The van der Waals surface area contributed by atoms with E-state index in [9.17, 15) is 24.3 Å². The number of nitrogens with zero attached hydrogens (tertiary/aromatic N) is 1. The Kier molecular flexibility index (Phi) is 6.84. The van der Waals surface area contributed by atoms with Crippen molar-refractivity contribution in [1.82, 2.24) is 10.3 Å². The van der Waals surface area contributed by atoms with Crippen molar-refractivity contribution in [3.8, 4) is 11.5 Å². The van der Waals surface area contributed by atoms with E-state index in [4.69, 9.17) is 4.74 Å². The average molecular weight is 604 g/mol. The highest BCUT2D eigenvalue weighted by molar-refractivity contribution is 6.13. The van der Waals surface area contributed by atoms with Gasteiger partial charge in [-0.05, 0) is 61.1 Å². The third kappa shape index (κ3) is 4.36. The van der Waals surface area contributed by atoms with Gasteiger partial charge in [-0.2, -0.15) is 5.01 Å². The van der Waals surface area contributed by atoms with Gasteiger partial charge in [0.25, 0.3) is 11.8 Å². The van der Waals surface area contributed by atoms with E-state index in [0.29, 0.717) is 23.4 Å². The van der Waals surface area contributed by atoms with Crippen molar-refractivity contribution in [3.63, 3.8) is 0 Å². The predicted molar refractivity (Wildman–Crippen MR) is 166 cm³/mol. The number of phenols is 1. The van der Waals surface area contributed by atoms with Gasteiger partial charge in [-0.3, -0.25) is 29.9 Å². The number of allylic oxidation sites excluding steroid dienone is 3. The summed E-state index contributed by atoms with van der Waals surface area (Å²) >= 11 is 0. The fourth-order valence-electron chi connectivity index (χ4n) is 7.91. The van der Waals surface area contributed by atoms with Gasteiger partial charge < -0.3 is 9.84 Å². The number of amides is 4. The van der Waals surface area contributed by atoms with Gasteiger partial charge in [-0.1, -0.05) is 77.9 Å². The molecule has 9 heteroatoms. The number of phenolic OH excluding ortho intramolecular Hbond substituents is 1. The van der Waals surface area contributed by atoms with E-state index in [2.05, 4.69) is 10.7 Å². The minimum absolute atomic E-state index is 0.000494. The molecule has 6 atom stereocenters. The molecule has 45 heavy (non-hydrogen) atoms. The number of hydrogen-bond donors (Lipinski definition) is 3. The first-order valence-corrected chi connectivity index (χ1v) is 15.1. The Bertz CT molecular complexity index is 1780. The molecule has 1 saturated carbocycles. The molecule has 0 radical (unpaired) electrons. The maximum Gasteiger partial charge on any atom is 0.260 e. The molecule has 3 aromatic carbocycles. The van der Waals surface area contributed by atoms with Gasteiger partial charge in [0.1, 0.15) is 0 Å². The molecule has 9 nitrogen and oxygen atoms in total. The molecule has 2 aliphatic heterocycles. The molecule has 0 bridgehead atoms. The molecule has 228 valence electrons. The third-order valence-corrected chi connectivity index (χ3v) is 9.98. The summed E-state index contributed by atoms with van der Waals surface area (Å²) in [4.78, 5) is 55.3. The molecule has 4 aliphatic rings.